The number of rotatable bonds is 4. The number of nitrogens with zero attached hydrogens (tertiary/aromatic N) is 1. The van der Waals surface area contributed by atoms with Crippen molar-refractivity contribution in [1.29, 1.82) is 0 Å². The molecule has 2 heteroatoms. The molecule has 0 amide bonds. The van der Waals surface area contributed by atoms with Crippen LogP contribution < -0.4 is 0 Å². The molecule has 15 heavy (non-hydrogen) atoms. The molecule has 0 aromatic heterocycles. The number of benzene rings is 1. The zero-order chi connectivity index (χ0) is 11.3. The summed E-state index contributed by atoms with van der Waals surface area (Å²) in [6, 6.07) is 10.6. The van der Waals surface area contributed by atoms with E-state index in [2.05, 4.69) is 71.8 Å². The van der Waals surface area contributed by atoms with E-state index >= 15 is 0 Å². The predicted molar refractivity (Wildman–Crippen MR) is 76.2 cm³/mol. The highest BCUT2D eigenvalue weighted by molar-refractivity contribution is 14.1. The van der Waals surface area contributed by atoms with Gasteiger partial charge in [0.25, 0.3) is 0 Å². The first-order valence-electron chi connectivity index (χ1n) is 5.16. The third-order valence-electron chi connectivity index (χ3n) is 2.94. The SMILES string of the molecule is CN=C(C)C(C)(CI)Cc1ccccc1. The Hall–Kier alpha value is -0.380. The zero-order valence-electron chi connectivity index (χ0n) is 9.63. The quantitative estimate of drug-likeness (QED) is 0.456. The van der Waals surface area contributed by atoms with Gasteiger partial charge < -0.3 is 0 Å². The van der Waals surface area contributed by atoms with Crippen LogP contribution in [0.5, 0.6) is 0 Å². The maximum Gasteiger partial charge on any atom is 0.0276 e. The summed E-state index contributed by atoms with van der Waals surface area (Å²) < 4.78 is 1.10. The van der Waals surface area contributed by atoms with Crippen molar-refractivity contribution in [3.05, 3.63) is 35.9 Å². The average molecular weight is 315 g/mol. The molecule has 82 valence electrons. The molecular weight excluding hydrogens is 297 g/mol. The van der Waals surface area contributed by atoms with Gasteiger partial charge in [-0.25, -0.2) is 0 Å². The van der Waals surface area contributed by atoms with E-state index in [9.17, 15) is 0 Å². The largest absolute Gasteiger partial charge is 0.297 e. The van der Waals surface area contributed by atoms with Crippen LogP contribution >= 0.6 is 22.6 Å². The molecule has 1 aromatic carbocycles. The second kappa shape index (κ2) is 5.64. The third-order valence-corrected chi connectivity index (χ3v) is 4.62. The van der Waals surface area contributed by atoms with Crippen LogP contribution in [0.2, 0.25) is 0 Å². The highest BCUT2D eigenvalue weighted by atomic mass is 127. The Morgan fingerprint density at radius 3 is 2.40 bits per heavy atom. The molecule has 1 unspecified atom stereocenters. The molecule has 0 aliphatic carbocycles. The van der Waals surface area contributed by atoms with Crippen molar-refractivity contribution in [3.63, 3.8) is 0 Å². The standard InChI is InChI=1S/C13H18IN/c1-11(15-3)13(2,10-14)9-12-7-5-4-6-8-12/h4-8H,9-10H2,1-3H3. The number of alkyl halides is 1. The lowest BCUT2D eigenvalue weighted by Crippen LogP contribution is -2.30. The first-order chi connectivity index (χ1) is 7.12. The van der Waals surface area contributed by atoms with Crippen LogP contribution in [0.3, 0.4) is 0 Å². The van der Waals surface area contributed by atoms with Crippen LogP contribution in [0.15, 0.2) is 35.3 Å². The predicted octanol–water partition coefficient (Wildman–Crippen LogP) is 3.76. The summed E-state index contributed by atoms with van der Waals surface area (Å²) in [5.41, 5.74) is 2.82. The van der Waals surface area contributed by atoms with Gasteiger partial charge in [0.1, 0.15) is 0 Å². The second-order valence-electron chi connectivity index (χ2n) is 4.17. The highest BCUT2D eigenvalue weighted by Gasteiger charge is 2.26. The van der Waals surface area contributed by atoms with E-state index in [1.807, 2.05) is 7.05 Å². The van der Waals surface area contributed by atoms with Gasteiger partial charge in [0.05, 0.1) is 0 Å². The molecule has 0 heterocycles. The Morgan fingerprint density at radius 2 is 1.93 bits per heavy atom. The van der Waals surface area contributed by atoms with E-state index in [0.717, 1.165) is 10.8 Å². The van der Waals surface area contributed by atoms with Crippen molar-refractivity contribution in [3.8, 4) is 0 Å². The van der Waals surface area contributed by atoms with Gasteiger partial charge in [-0.1, -0.05) is 59.8 Å². The van der Waals surface area contributed by atoms with Crippen LogP contribution in [0, 0.1) is 5.41 Å². The Morgan fingerprint density at radius 1 is 1.33 bits per heavy atom. The molecule has 1 aromatic rings. The average Bonchev–Trinajstić information content (AvgIpc) is 2.29. The van der Waals surface area contributed by atoms with E-state index in [0.29, 0.717) is 0 Å². The fourth-order valence-electron chi connectivity index (χ4n) is 1.59. The Labute approximate surface area is 106 Å². The van der Waals surface area contributed by atoms with Crippen LogP contribution in [0.25, 0.3) is 0 Å². The van der Waals surface area contributed by atoms with Gasteiger partial charge in [-0.15, -0.1) is 0 Å². The van der Waals surface area contributed by atoms with Crippen LogP contribution in [-0.4, -0.2) is 17.2 Å². The summed E-state index contributed by atoms with van der Waals surface area (Å²) in [7, 11) is 1.88. The summed E-state index contributed by atoms with van der Waals surface area (Å²) >= 11 is 2.45. The summed E-state index contributed by atoms with van der Waals surface area (Å²) in [6.45, 7) is 4.41. The molecule has 0 aliphatic heterocycles. The normalized spacial score (nSPS) is 16.1. The molecular formula is C13H18IN. The maximum absolute atomic E-state index is 4.34. The fourth-order valence-corrected chi connectivity index (χ4v) is 2.41. The minimum atomic E-state index is 0.191. The first kappa shape index (κ1) is 12.7. The lowest BCUT2D eigenvalue weighted by molar-refractivity contribution is 0.536. The van der Waals surface area contributed by atoms with E-state index in [-0.39, 0.29) is 5.41 Å². The van der Waals surface area contributed by atoms with Gasteiger partial charge in [-0.05, 0) is 18.9 Å². The lowest BCUT2D eigenvalue weighted by atomic mass is 9.82. The fraction of sp³-hybridized carbons (Fsp3) is 0.462. The van der Waals surface area contributed by atoms with Crippen molar-refractivity contribution in [2.24, 2.45) is 10.4 Å². The summed E-state index contributed by atoms with van der Waals surface area (Å²) in [5.74, 6) is 0. The third kappa shape index (κ3) is 3.30. The van der Waals surface area contributed by atoms with Gasteiger partial charge in [0.2, 0.25) is 0 Å². The molecule has 0 saturated heterocycles. The Balaban J connectivity index is 2.87. The minimum absolute atomic E-state index is 0.191. The highest BCUT2D eigenvalue weighted by Crippen LogP contribution is 2.27. The van der Waals surface area contributed by atoms with Gasteiger partial charge in [-0.2, -0.15) is 0 Å². The molecule has 1 nitrogen and oxygen atoms in total. The number of halogens is 1. The number of hydrogen-bond acceptors (Lipinski definition) is 1. The van der Waals surface area contributed by atoms with Gasteiger partial charge in [0.15, 0.2) is 0 Å². The molecule has 0 bridgehead atoms. The second-order valence-corrected chi connectivity index (χ2v) is 4.93. The molecule has 0 radical (unpaired) electrons. The van der Waals surface area contributed by atoms with Gasteiger partial charge in [0, 0.05) is 22.6 Å². The van der Waals surface area contributed by atoms with E-state index < -0.39 is 0 Å². The monoisotopic (exact) mass is 315 g/mol. The number of hydrogen-bond donors (Lipinski definition) is 0. The van der Waals surface area contributed by atoms with Crippen molar-refractivity contribution < 1.29 is 0 Å². The summed E-state index contributed by atoms with van der Waals surface area (Å²) in [5, 5.41) is 0. The van der Waals surface area contributed by atoms with Crippen LogP contribution in [0.4, 0.5) is 0 Å². The molecule has 0 spiro atoms. The molecule has 0 saturated carbocycles. The van der Waals surface area contributed by atoms with E-state index in [1.54, 1.807) is 0 Å². The molecule has 0 fully saturated rings. The minimum Gasteiger partial charge on any atom is -0.297 e. The summed E-state index contributed by atoms with van der Waals surface area (Å²) in [4.78, 5) is 4.34. The van der Waals surface area contributed by atoms with Crippen LogP contribution in [0.1, 0.15) is 19.4 Å². The van der Waals surface area contributed by atoms with Crippen molar-refractivity contribution in [1.82, 2.24) is 0 Å². The molecule has 1 rings (SSSR count). The Kier molecular flexibility index (Phi) is 4.77. The topological polar surface area (TPSA) is 12.4 Å². The Bertz CT molecular complexity index is 332. The smallest absolute Gasteiger partial charge is 0.0276 e. The molecule has 0 aliphatic rings. The molecule has 0 N–H and O–H groups in total. The summed E-state index contributed by atoms with van der Waals surface area (Å²) in [6.07, 6.45) is 1.07. The van der Waals surface area contributed by atoms with Gasteiger partial charge in [-0.3, -0.25) is 4.99 Å². The van der Waals surface area contributed by atoms with Crippen molar-refractivity contribution in [2.75, 3.05) is 11.5 Å². The maximum atomic E-state index is 4.34. The van der Waals surface area contributed by atoms with Gasteiger partial charge >= 0.3 is 0 Å². The van der Waals surface area contributed by atoms with Crippen molar-refractivity contribution in [2.45, 2.75) is 20.3 Å². The van der Waals surface area contributed by atoms with Crippen molar-refractivity contribution >= 4 is 28.3 Å². The van der Waals surface area contributed by atoms with Crippen LogP contribution in [-0.2, 0) is 6.42 Å². The number of aliphatic imine (C=N–C) groups is 1. The first-order valence-corrected chi connectivity index (χ1v) is 6.69. The zero-order valence-corrected chi connectivity index (χ0v) is 11.8. The van der Waals surface area contributed by atoms with E-state index in [4.69, 9.17) is 0 Å². The lowest BCUT2D eigenvalue weighted by Gasteiger charge is -2.27. The van der Waals surface area contributed by atoms with E-state index in [1.165, 1.54) is 11.3 Å². The molecule has 1 atom stereocenters.